The fourth-order valence-electron chi connectivity index (χ4n) is 4.25. The molecule has 11 heteroatoms. The van der Waals surface area contributed by atoms with Crippen LogP contribution in [-0.2, 0) is 26.2 Å². The predicted octanol–water partition coefficient (Wildman–Crippen LogP) is 4.16. The highest BCUT2D eigenvalue weighted by Gasteiger charge is 2.34. The van der Waals surface area contributed by atoms with E-state index in [9.17, 15) is 18.0 Å². The molecule has 0 saturated carbocycles. The number of hydrogen-bond acceptors (Lipinski definition) is 7. The summed E-state index contributed by atoms with van der Waals surface area (Å²) in [7, 11) is 0.168. The van der Waals surface area contributed by atoms with Gasteiger partial charge in [0.15, 0.2) is 0 Å². The summed E-state index contributed by atoms with van der Waals surface area (Å²) in [6.45, 7) is 5.32. The smallest absolute Gasteiger partial charge is 0.264 e. The van der Waals surface area contributed by atoms with Crippen LogP contribution in [-0.4, -0.2) is 65.6 Å². The van der Waals surface area contributed by atoms with E-state index in [1.54, 1.807) is 62.6 Å². The fraction of sp³-hybridized carbons (Fsp3) is 0.355. The number of carbonyl (C=O) groups is 2. The molecule has 3 aromatic carbocycles. The van der Waals surface area contributed by atoms with Gasteiger partial charge in [-0.2, -0.15) is 0 Å². The third kappa shape index (κ3) is 7.73. The van der Waals surface area contributed by atoms with E-state index >= 15 is 0 Å². The van der Waals surface area contributed by atoms with E-state index in [0.717, 1.165) is 21.9 Å². The Morgan fingerprint density at radius 3 is 2.07 bits per heavy atom. The van der Waals surface area contributed by atoms with Gasteiger partial charge in [-0.05, 0) is 62.2 Å². The van der Waals surface area contributed by atoms with Gasteiger partial charge in [0.05, 0.1) is 31.9 Å². The Morgan fingerprint density at radius 2 is 1.50 bits per heavy atom. The molecule has 0 aliphatic heterocycles. The molecule has 2 amide bonds. The van der Waals surface area contributed by atoms with Gasteiger partial charge >= 0.3 is 0 Å². The monoisotopic (exact) mass is 597 g/mol. The first kappa shape index (κ1) is 32.3. The highest BCUT2D eigenvalue weighted by Crippen LogP contribution is 2.36. The van der Waals surface area contributed by atoms with Crippen LogP contribution in [0.4, 0.5) is 5.69 Å². The summed E-state index contributed by atoms with van der Waals surface area (Å²) in [4.78, 5) is 28.5. The first-order valence-corrected chi connectivity index (χ1v) is 15.0. The van der Waals surface area contributed by atoms with Gasteiger partial charge in [-0.3, -0.25) is 13.9 Å². The molecule has 0 bridgehead atoms. The van der Waals surface area contributed by atoms with Crippen LogP contribution >= 0.6 is 0 Å². The first-order chi connectivity index (χ1) is 20.0. The highest BCUT2D eigenvalue weighted by molar-refractivity contribution is 7.92. The number of amides is 2. The fourth-order valence-corrected chi connectivity index (χ4v) is 5.67. The molecule has 0 unspecified atom stereocenters. The van der Waals surface area contributed by atoms with Crippen molar-refractivity contribution in [2.75, 3.05) is 38.7 Å². The lowest BCUT2D eigenvalue weighted by molar-refractivity contribution is -0.139. The first-order valence-electron chi connectivity index (χ1n) is 13.6. The molecule has 3 aromatic rings. The van der Waals surface area contributed by atoms with E-state index in [-0.39, 0.29) is 28.8 Å². The Bertz CT molecular complexity index is 1460. The molecular weight excluding hydrogens is 558 g/mol. The maximum Gasteiger partial charge on any atom is 0.264 e. The molecule has 0 fully saturated rings. The molecular formula is C31H39N3O7S. The summed E-state index contributed by atoms with van der Waals surface area (Å²) in [5.41, 5.74) is 1.75. The molecule has 0 spiro atoms. The van der Waals surface area contributed by atoms with Gasteiger partial charge in [-0.15, -0.1) is 0 Å². The van der Waals surface area contributed by atoms with Crippen LogP contribution in [0.3, 0.4) is 0 Å². The number of sulfonamides is 1. The third-order valence-corrected chi connectivity index (χ3v) is 8.55. The maximum atomic E-state index is 14.1. The van der Waals surface area contributed by atoms with Crippen LogP contribution in [0.25, 0.3) is 0 Å². The second-order valence-corrected chi connectivity index (χ2v) is 11.6. The average Bonchev–Trinajstić information content (AvgIpc) is 3.00. The zero-order valence-corrected chi connectivity index (χ0v) is 25.7. The van der Waals surface area contributed by atoms with E-state index in [0.29, 0.717) is 18.0 Å². The van der Waals surface area contributed by atoms with Crippen molar-refractivity contribution in [3.05, 3.63) is 77.9 Å². The summed E-state index contributed by atoms with van der Waals surface area (Å²) in [6, 6.07) is 17.3. The van der Waals surface area contributed by atoms with Crippen LogP contribution in [0.1, 0.15) is 31.4 Å². The van der Waals surface area contributed by atoms with Crippen LogP contribution < -0.4 is 23.8 Å². The molecule has 226 valence electrons. The van der Waals surface area contributed by atoms with Gasteiger partial charge in [-0.1, -0.05) is 36.8 Å². The summed E-state index contributed by atoms with van der Waals surface area (Å²) < 4.78 is 45.3. The van der Waals surface area contributed by atoms with Crippen molar-refractivity contribution >= 4 is 27.5 Å². The zero-order valence-electron chi connectivity index (χ0n) is 24.9. The Hall–Kier alpha value is -4.25. The summed E-state index contributed by atoms with van der Waals surface area (Å²) in [5.74, 6) is 0.335. The Balaban J connectivity index is 2.10. The Labute approximate surface area is 248 Å². The van der Waals surface area contributed by atoms with Gasteiger partial charge < -0.3 is 24.4 Å². The summed E-state index contributed by atoms with van der Waals surface area (Å²) in [6.07, 6.45) is 0.725. The Kier molecular flexibility index (Phi) is 11.2. The minimum absolute atomic E-state index is 0.00112. The topological polar surface area (TPSA) is 114 Å². The van der Waals surface area contributed by atoms with Crippen molar-refractivity contribution in [1.29, 1.82) is 0 Å². The van der Waals surface area contributed by atoms with Gasteiger partial charge in [0.25, 0.3) is 10.0 Å². The van der Waals surface area contributed by atoms with Crippen LogP contribution in [0.5, 0.6) is 17.2 Å². The number of nitrogens with zero attached hydrogens (tertiary/aromatic N) is 2. The van der Waals surface area contributed by atoms with E-state index in [4.69, 9.17) is 14.2 Å². The SMILES string of the molecule is CCCNC(=O)[C@@H](C)N(Cc1ccc(OC)cc1)C(=O)CN(c1cc(OC)ccc1OC)S(=O)(=O)c1ccc(C)cc1. The highest BCUT2D eigenvalue weighted by atomic mass is 32.2. The van der Waals surface area contributed by atoms with Crippen molar-refractivity contribution in [2.24, 2.45) is 0 Å². The van der Waals surface area contributed by atoms with E-state index in [1.165, 1.54) is 37.3 Å². The third-order valence-electron chi connectivity index (χ3n) is 6.77. The number of ether oxygens (including phenoxy) is 3. The predicted molar refractivity (Wildman–Crippen MR) is 162 cm³/mol. The van der Waals surface area contributed by atoms with E-state index in [2.05, 4.69) is 5.32 Å². The van der Waals surface area contributed by atoms with Crippen LogP contribution in [0.15, 0.2) is 71.6 Å². The van der Waals surface area contributed by atoms with Gasteiger partial charge in [0.2, 0.25) is 11.8 Å². The second-order valence-electron chi connectivity index (χ2n) is 9.70. The van der Waals surface area contributed by atoms with Crippen molar-refractivity contribution in [1.82, 2.24) is 10.2 Å². The van der Waals surface area contributed by atoms with Crippen LogP contribution in [0.2, 0.25) is 0 Å². The number of nitrogens with one attached hydrogen (secondary N) is 1. The lowest BCUT2D eigenvalue weighted by Gasteiger charge is -2.32. The van der Waals surface area contributed by atoms with Crippen molar-refractivity contribution < 1.29 is 32.2 Å². The standard InChI is InChI=1S/C31H39N3O7S/c1-7-18-32-31(36)23(3)33(20-24-10-12-25(39-4)13-11-24)30(35)21-34(28-19-26(40-5)14-17-29(28)41-6)42(37,38)27-15-8-22(2)9-16-27/h8-17,19,23H,7,18,20-21H2,1-6H3,(H,32,36)/t23-/m1/s1. The number of anilines is 1. The molecule has 3 rings (SSSR count). The minimum Gasteiger partial charge on any atom is -0.497 e. The molecule has 0 aliphatic carbocycles. The number of carbonyl (C=O) groups excluding carboxylic acids is 2. The molecule has 0 radical (unpaired) electrons. The van der Waals surface area contributed by atoms with E-state index in [1.807, 2.05) is 13.8 Å². The molecule has 0 heterocycles. The minimum atomic E-state index is -4.27. The molecule has 10 nitrogen and oxygen atoms in total. The lowest BCUT2D eigenvalue weighted by Crippen LogP contribution is -2.51. The zero-order chi connectivity index (χ0) is 30.9. The number of benzene rings is 3. The quantitative estimate of drug-likeness (QED) is 0.297. The molecule has 1 atom stereocenters. The lowest BCUT2D eigenvalue weighted by atomic mass is 10.1. The van der Waals surface area contributed by atoms with Crippen molar-refractivity contribution in [2.45, 2.75) is 44.7 Å². The normalized spacial score (nSPS) is 11.8. The van der Waals surface area contributed by atoms with Gasteiger partial charge in [-0.25, -0.2) is 8.42 Å². The van der Waals surface area contributed by atoms with Gasteiger partial charge in [0.1, 0.15) is 29.8 Å². The van der Waals surface area contributed by atoms with Crippen molar-refractivity contribution in [3.63, 3.8) is 0 Å². The largest absolute Gasteiger partial charge is 0.497 e. The van der Waals surface area contributed by atoms with Crippen molar-refractivity contribution in [3.8, 4) is 17.2 Å². The number of aryl methyl sites for hydroxylation is 1. The number of methoxy groups -OCH3 is 3. The molecule has 42 heavy (non-hydrogen) atoms. The number of hydrogen-bond donors (Lipinski definition) is 1. The number of rotatable bonds is 14. The van der Waals surface area contributed by atoms with Gasteiger partial charge in [0, 0.05) is 19.2 Å². The molecule has 0 saturated heterocycles. The Morgan fingerprint density at radius 1 is 0.881 bits per heavy atom. The molecule has 0 aromatic heterocycles. The molecule has 1 N–H and O–H groups in total. The average molecular weight is 598 g/mol. The second kappa shape index (κ2) is 14.6. The van der Waals surface area contributed by atoms with Crippen LogP contribution in [0, 0.1) is 6.92 Å². The summed E-state index contributed by atoms with van der Waals surface area (Å²) >= 11 is 0. The molecule has 0 aliphatic rings. The maximum absolute atomic E-state index is 14.1. The summed E-state index contributed by atoms with van der Waals surface area (Å²) in [5, 5.41) is 2.83. The van der Waals surface area contributed by atoms with E-state index < -0.39 is 28.5 Å².